The molecule has 9 nitrogen and oxygen atoms in total. The number of nitrogens with zero attached hydrogens (tertiary/aromatic N) is 3. The van der Waals surface area contributed by atoms with E-state index in [9.17, 15) is 14.7 Å². The SMILES string of the molecule is CC1(C)CC(=O)C2=C(C1)Nc1c(O)cccc1N(C(=O)c1nccnc1N)[C@H]2c1ccc(OCc2ccccc2)cc1F. The number of aromatic hydroxyl groups is 1. The van der Waals surface area contributed by atoms with E-state index >= 15 is 4.39 Å². The topological polar surface area (TPSA) is 131 Å². The molecule has 4 N–H and O–H groups in total. The number of aromatic nitrogens is 2. The Morgan fingerprint density at radius 3 is 2.60 bits per heavy atom. The number of phenolic OH excluding ortho intramolecular Hbond substituents is 1. The first-order chi connectivity index (χ1) is 20.6. The number of amides is 1. The highest BCUT2D eigenvalue weighted by molar-refractivity contribution is 6.13. The molecule has 43 heavy (non-hydrogen) atoms. The number of anilines is 3. The Kier molecular flexibility index (Phi) is 7.05. The minimum Gasteiger partial charge on any atom is -0.506 e. The van der Waals surface area contributed by atoms with Gasteiger partial charge in [0.05, 0.1) is 11.7 Å². The molecule has 1 atom stereocenters. The summed E-state index contributed by atoms with van der Waals surface area (Å²) in [6, 6.07) is 17.3. The number of carbonyl (C=O) groups is 2. The Morgan fingerprint density at radius 1 is 1.09 bits per heavy atom. The van der Waals surface area contributed by atoms with Crippen LogP contribution in [0.25, 0.3) is 0 Å². The number of benzene rings is 3. The smallest absolute Gasteiger partial charge is 0.281 e. The molecule has 0 saturated heterocycles. The maximum absolute atomic E-state index is 16.2. The number of ketones is 1. The van der Waals surface area contributed by atoms with Crippen LogP contribution >= 0.6 is 0 Å². The Labute approximate surface area is 247 Å². The molecule has 10 heteroatoms. The lowest BCUT2D eigenvalue weighted by molar-refractivity contribution is -0.118. The van der Waals surface area contributed by atoms with Crippen molar-refractivity contribution in [3.8, 4) is 11.5 Å². The number of nitrogens with one attached hydrogen (secondary N) is 1. The fraction of sp³-hybridized carbons (Fsp3) is 0.212. The van der Waals surface area contributed by atoms with Gasteiger partial charge in [0.1, 0.15) is 29.6 Å². The number of Topliss-reactive ketones (excluding diaryl/α,β-unsaturated/α-hetero) is 1. The monoisotopic (exact) mass is 579 g/mol. The number of para-hydroxylation sites is 1. The molecule has 0 fully saturated rings. The van der Waals surface area contributed by atoms with Crippen molar-refractivity contribution in [3.63, 3.8) is 0 Å². The van der Waals surface area contributed by atoms with Gasteiger partial charge in [-0.3, -0.25) is 14.5 Å². The maximum Gasteiger partial charge on any atom is 0.281 e. The van der Waals surface area contributed by atoms with E-state index in [1.807, 2.05) is 44.2 Å². The van der Waals surface area contributed by atoms with E-state index in [0.29, 0.717) is 12.1 Å². The third-order valence-corrected chi connectivity index (χ3v) is 7.67. The van der Waals surface area contributed by atoms with Crippen LogP contribution in [0, 0.1) is 11.2 Å². The van der Waals surface area contributed by atoms with Gasteiger partial charge in [-0.25, -0.2) is 14.4 Å². The molecular formula is C33H30FN5O4. The molecule has 4 aromatic rings. The summed E-state index contributed by atoms with van der Waals surface area (Å²) in [6.07, 6.45) is 3.29. The lowest BCUT2D eigenvalue weighted by Crippen LogP contribution is -2.40. The number of halogens is 1. The van der Waals surface area contributed by atoms with Crippen LogP contribution in [0.3, 0.4) is 0 Å². The van der Waals surface area contributed by atoms with Crippen LogP contribution in [-0.4, -0.2) is 26.8 Å². The molecule has 0 bridgehead atoms. The van der Waals surface area contributed by atoms with Crippen molar-refractivity contribution in [2.24, 2.45) is 5.41 Å². The van der Waals surface area contributed by atoms with Crippen molar-refractivity contribution < 1.29 is 23.8 Å². The first-order valence-corrected chi connectivity index (χ1v) is 13.8. The third kappa shape index (κ3) is 5.27. The van der Waals surface area contributed by atoms with Crippen molar-refractivity contribution in [1.29, 1.82) is 0 Å². The van der Waals surface area contributed by atoms with Crippen molar-refractivity contribution >= 4 is 28.9 Å². The average molecular weight is 580 g/mol. The molecular weight excluding hydrogens is 549 g/mol. The van der Waals surface area contributed by atoms with Crippen LogP contribution < -0.4 is 20.7 Å². The molecule has 6 rings (SSSR count). The number of hydrogen-bond donors (Lipinski definition) is 3. The van der Waals surface area contributed by atoms with Crippen LogP contribution in [0.5, 0.6) is 11.5 Å². The molecule has 1 aliphatic carbocycles. The predicted molar refractivity (Wildman–Crippen MR) is 160 cm³/mol. The van der Waals surface area contributed by atoms with Gasteiger partial charge in [-0.15, -0.1) is 0 Å². The van der Waals surface area contributed by atoms with Gasteiger partial charge >= 0.3 is 0 Å². The molecule has 0 unspecified atom stereocenters. The minimum atomic E-state index is -1.22. The quantitative estimate of drug-likeness (QED) is 0.248. The number of ether oxygens (including phenoxy) is 1. The molecule has 1 aliphatic heterocycles. The Hall–Kier alpha value is -5.25. The number of phenols is 1. The molecule has 1 aromatic heterocycles. The number of allylic oxidation sites excluding steroid dienone is 1. The van der Waals surface area contributed by atoms with Gasteiger partial charge in [-0.2, -0.15) is 0 Å². The summed E-state index contributed by atoms with van der Waals surface area (Å²) in [4.78, 5) is 37.7. The van der Waals surface area contributed by atoms with Crippen LogP contribution in [0.1, 0.15) is 54.3 Å². The Balaban J connectivity index is 1.54. The van der Waals surface area contributed by atoms with E-state index in [1.54, 1.807) is 18.2 Å². The second-order valence-corrected chi connectivity index (χ2v) is 11.5. The zero-order valence-corrected chi connectivity index (χ0v) is 23.7. The van der Waals surface area contributed by atoms with Gasteiger partial charge in [-0.05, 0) is 41.7 Å². The lowest BCUT2D eigenvalue weighted by atomic mass is 9.73. The molecule has 218 valence electrons. The van der Waals surface area contributed by atoms with Gasteiger partial charge in [0.2, 0.25) is 0 Å². The Bertz CT molecular complexity index is 1770. The largest absolute Gasteiger partial charge is 0.506 e. The van der Waals surface area contributed by atoms with Gasteiger partial charge in [0, 0.05) is 41.7 Å². The normalized spacial score (nSPS) is 17.4. The number of rotatable bonds is 5. The molecule has 0 saturated carbocycles. The fourth-order valence-corrected chi connectivity index (χ4v) is 5.75. The van der Waals surface area contributed by atoms with Crippen LogP contribution in [0.4, 0.5) is 21.6 Å². The number of carbonyl (C=O) groups excluding carboxylic acids is 2. The minimum absolute atomic E-state index is 0.0708. The summed E-state index contributed by atoms with van der Waals surface area (Å²) in [6.45, 7) is 4.16. The maximum atomic E-state index is 16.2. The number of fused-ring (bicyclic) bond motifs is 1. The predicted octanol–water partition coefficient (Wildman–Crippen LogP) is 5.94. The molecule has 0 spiro atoms. The Morgan fingerprint density at radius 2 is 1.86 bits per heavy atom. The first kappa shape index (κ1) is 27.9. The molecule has 1 amide bonds. The van der Waals surface area contributed by atoms with E-state index < -0.39 is 23.2 Å². The number of hydrogen-bond acceptors (Lipinski definition) is 8. The second kappa shape index (κ2) is 10.9. The lowest BCUT2D eigenvalue weighted by Gasteiger charge is -2.37. The van der Waals surface area contributed by atoms with Crippen molar-refractivity contribution in [3.05, 3.63) is 113 Å². The zero-order valence-electron chi connectivity index (χ0n) is 23.7. The standard InChI is InChI=1S/C33H30FN5O4/c1-33(2)16-23-27(26(41)17-33)30(21-12-11-20(15-22(21)34)43-18-19-7-4-3-5-8-19)39(24-9-6-10-25(40)28(24)38-23)32(42)29-31(35)37-14-13-36-29/h3-15,30,38,40H,16-18H2,1-2H3,(H2,35,37)/t30-/m0/s1. The number of nitrogens with two attached hydrogens (primary N) is 1. The second-order valence-electron chi connectivity index (χ2n) is 11.5. The van der Waals surface area contributed by atoms with E-state index in [0.717, 1.165) is 5.56 Å². The van der Waals surface area contributed by atoms with Crippen LogP contribution in [-0.2, 0) is 11.4 Å². The summed E-state index contributed by atoms with van der Waals surface area (Å²) < 4.78 is 22.1. The highest BCUT2D eigenvalue weighted by Gasteiger charge is 2.45. The van der Waals surface area contributed by atoms with E-state index in [2.05, 4.69) is 15.3 Å². The summed E-state index contributed by atoms with van der Waals surface area (Å²) in [5.74, 6) is -1.61. The van der Waals surface area contributed by atoms with Crippen molar-refractivity contribution in [2.75, 3.05) is 16.0 Å². The molecule has 3 aromatic carbocycles. The van der Waals surface area contributed by atoms with Crippen molar-refractivity contribution in [1.82, 2.24) is 9.97 Å². The van der Waals surface area contributed by atoms with E-state index in [4.69, 9.17) is 10.5 Å². The average Bonchev–Trinajstić information content (AvgIpc) is 3.11. The zero-order chi connectivity index (χ0) is 30.3. The molecule has 2 aliphatic rings. The fourth-order valence-electron chi connectivity index (χ4n) is 5.75. The molecule has 0 radical (unpaired) electrons. The summed E-state index contributed by atoms with van der Waals surface area (Å²) in [5.41, 5.74) is 7.64. The highest BCUT2D eigenvalue weighted by atomic mass is 19.1. The third-order valence-electron chi connectivity index (χ3n) is 7.67. The van der Waals surface area contributed by atoms with Gasteiger partial charge in [-0.1, -0.05) is 50.2 Å². The van der Waals surface area contributed by atoms with Gasteiger partial charge in [0.25, 0.3) is 5.91 Å². The van der Waals surface area contributed by atoms with Crippen LogP contribution in [0.2, 0.25) is 0 Å². The summed E-state index contributed by atoms with van der Waals surface area (Å²) in [5, 5.41) is 14.2. The summed E-state index contributed by atoms with van der Waals surface area (Å²) >= 11 is 0. The highest BCUT2D eigenvalue weighted by Crippen LogP contribution is 2.51. The van der Waals surface area contributed by atoms with Gasteiger partial charge in [0.15, 0.2) is 17.3 Å². The first-order valence-electron chi connectivity index (χ1n) is 13.8. The summed E-state index contributed by atoms with van der Waals surface area (Å²) in [7, 11) is 0. The van der Waals surface area contributed by atoms with Crippen molar-refractivity contribution in [2.45, 2.75) is 39.3 Å². The van der Waals surface area contributed by atoms with Gasteiger partial charge < -0.3 is 20.9 Å². The van der Waals surface area contributed by atoms with E-state index in [-0.39, 0.29) is 64.3 Å². The van der Waals surface area contributed by atoms with Crippen LogP contribution in [0.15, 0.2) is 90.4 Å². The van der Waals surface area contributed by atoms with E-state index in [1.165, 1.54) is 35.5 Å². The molecule has 2 heterocycles. The number of nitrogen functional groups attached to an aromatic ring is 1.